The number of sulfonamides is 1. The summed E-state index contributed by atoms with van der Waals surface area (Å²) < 4.78 is 45.7. The lowest BCUT2D eigenvalue weighted by atomic mass is 10.0. The van der Waals surface area contributed by atoms with Crippen molar-refractivity contribution in [2.24, 2.45) is 0 Å². The number of hydrogen-bond donors (Lipinski definition) is 0. The minimum atomic E-state index is -3.40. The summed E-state index contributed by atoms with van der Waals surface area (Å²) in [5.41, 5.74) is 2.64. The summed E-state index contributed by atoms with van der Waals surface area (Å²) in [4.78, 5) is 10.4. The molecule has 0 amide bonds. The summed E-state index contributed by atoms with van der Waals surface area (Å²) in [6, 6.07) is 10.3. The molecule has 2 aromatic rings. The first-order valence-corrected chi connectivity index (χ1v) is 10.7. The number of nitrogens with zero attached hydrogens (tertiary/aromatic N) is 1. The molecule has 0 radical (unpaired) electrons. The van der Waals surface area contributed by atoms with E-state index >= 15 is 0 Å². The van der Waals surface area contributed by atoms with E-state index in [1.807, 2.05) is 12.1 Å². The van der Waals surface area contributed by atoms with Crippen LogP contribution in [0.25, 0.3) is 0 Å². The summed E-state index contributed by atoms with van der Waals surface area (Å²) >= 11 is 0. The Morgan fingerprint density at radius 2 is 2.07 bits per heavy atom. The molecule has 0 spiro atoms. The van der Waals surface area contributed by atoms with Gasteiger partial charge in [0.25, 0.3) is 0 Å². The molecule has 0 bridgehead atoms. The van der Waals surface area contributed by atoms with Crippen LogP contribution in [0.4, 0.5) is 10.1 Å². The molecular formula is C20H22FNO4S. The molecule has 1 aliphatic rings. The number of carbonyl (C=O) groups excluding carboxylic acids is 1. The molecule has 7 heteroatoms. The van der Waals surface area contributed by atoms with Crippen LogP contribution in [0.1, 0.15) is 29.5 Å². The molecule has 0 saturated heterocycles. The number of halogens is 1. The van der Waals surface area contributed by atoms with Crippen molar-refractivity contribution in [3.63, 3.8) is 0 Å². The van der Waals surface area contributed by atoms with Gasteiger partial charge in [0.1, 0.15) is 24.5 Å². The third-order valence-electron chi connectivity index (χ3n) is 4.58. The number of ether oxygens (including phenoxy) is 1. The molecule has 27 heavy (non-hydrogen) atoms. The Labute approximate surface area is 158 Å². The molecule has 1 aliphatic heterocycles. The van der Waals surface area contributed by atoms with Crippen LogP contribution in [0.3, 0.4) is 0 Å². The first kappa shape index (κ1) is 19.4. The standard InChI is InChI=1S/C20H22FNO4S/c1-27(24,25)22-11-3-6-17-5-2-8-19(20(17)22)26-14-15-9-10-16(7-4-12-23)18(21)13-15/h2,5,8-10,12-13H,3-4,6-7,11,14H2,1H3. The molecule has 0 fully saturated rings. The van der Waals surface area contributed by atoms with Gasteiger partial charge in [0.05, 0.1) is 11.9 Å². The van der Waals surface area contributed by atoms with E-state index in [-0.39, 0.29) is 18.8 Å². The smallest absolute Gasteiger partial charge is 0.232 e. The molecule has 0 N–H and O–H groups in total. The maximum absolute atomic E-state index is 14.1. The van der Waals surface area contributed by atoms with Crippen LogP contribution in [-0.4, -0.2) is 27.5 Å². The molecule has 1 heterocycles. The summed E-state index contributed by atoms with van der Waals surface area (Å²) in [5.74, 6) is 0.105. The normalized spacial score (nSPS) is 13.9. The lowest BCUT2D eigenvalue weighted by Crippen LogP contribution is -2.34. The van der Waals surface area contributed by atoms with E-state index in [9.17, 15) is 17.6 Å². The van der Waals surface area contributed by atoms with Crippen molar-refractivity contribution < 1.29 is 22.3 Å². The fourth-order valence-electron chi connectivity index (χ4n) is 3.28. The van der Waals surface area contributed by atoms with Crippen molar-refractivity contribution in [1.29, 1.82) is 0 Å². The third kappa shape index (κ3) is 4.47. The second kappa shape index (κ2) is 8.08. The minimum Gasteiger partial charge on any atom is -0.487 e. The predicted molar refractivity (Wildman–Crippen MR) is 102 cm³/mol. The topological polar surface area (TPSA) is 63.7 Å². The van der Waals surface area contributed by atoms with Crippen LogP contribution in [0, 0.1) is 5.82 Å². The number of carbonyl (C=O) groups is 1. The van der Waals surface area contributed by atoms with Gasteiger partial charge in [-0.05, 0) is 48.1 Å². The first-order chi connectivity index (χ1) is 12.9. The molecule has 0 aliphatic carbocycles. The number of fused-ring (bicyclic) bond motifs is 1. The van der Waals surface area contributed by atoms with Crippen molar-refractivity contribution in [3.8, 4) is 5.75 Å². The van der Waals surface area contributed by atoms with Crippen LogP contribution < -0.4 is 9.04 Å². The Hall–Kier alpha value is -2.41. The molecule has 0 atom stereocenters. The van der Waals surface area contributed by atoms with Gasteiger partial charge in [-0.15, -0.1) is 0 Å². The van der Waals surface area contributed by atoms with Gasteiger partial charge in [0.15, 0.2) is 0 Å². The van der Waals surface area contributed by atoms with Gasteiger partial charge < -0.3 is 9.53 Å². The number of anilines is 1. The van der Waals surface area contributed by atoms with E-state index < -0.39 is 10.0 Å². The quantitative estimate of drug-likeness (QED) is 0.680. The van der Waals surface area contributed by atoms with E-state index in [1.165, 1.54) is 16.6 Å². The average molecular weight is 391 g/mol. The second-order valence-corrected chi connectivity index (χ2v) is 8.53. The zero-order valence-electron chi connectivity index (χ0n) is 15.2. The van der Waals surface area contributed by atoms with Gasteiger partial charge >= 0.3 is 0 Å². The maximum atomic E-state index is 14.1. The summed E-state index contributed by atoms with van der Waals surface area (Å²) in [6.07, 6.45) is 4.15. The first-order valence-electron chi connectivity index (χ1n) is 8.83. The van der Waals surface area contributed by atoms with Crippen LogP contribution in [0.15, 0.2) is 36.4 Å². The zero-order valence-corrected chi connectivity index (χ0v) is 16.0. The van der Waals surface area contributed by atoms with Crippen molar-refractivity contribution >= 4 is 22.0 Å². The third-order valence-corrected chi connectivity index (χ3v) is 5.75. The van der Waals surface area contributed by atoms with Crippen LogP contribution in [-0.2, 0) is 34.3 Å². The summed E-state index contributed by atoms with van der Waals surface area (Å²) in [6.45, 7) is 0.547. The number of para-hydroxylation sites is 1. The van der Waals surface area contributed by atoms with E-state index in [4.69, 9.17) is 4.74 Å². The highest BCUT2D eigenvalue weighted by Crippen LogP contribution is 2.38. The van der Waals surface area contributed by atoms with E-state index in [1.54, 1.807) is 18.2 Å². The Balaban J connectivity index is 1.81. The fraction of sp³-hybridized carbons (Fsp3) is 0.350. The fourth-order valence-corrected chi connectivity index (χ4v) is 4.28. The highest BCUT2D eigenvalue weighted by molar-refractivity contribution is 7.92. The van der Waals surface area contributed by atoms with Crippen LogP contribution in [0.5, 0.6) is 5.75 Å². The van der Waals surface area contributed by atoms with Crippen molar-refractivity contribution in [2.75, 3.05) is 17.1 Å². The molecule has 5 nitrogen and oxygen atoms in total. The van der Waals surface area contributed by atoms with Gasteiger partial charge in [-0.1, -0.05) is 24.3 Å². The highest BCUT2D eigenvalue weighted by Gasteiger charge is 2.27. The molecule has 144 valence electrons. The van der Waals surface area contributed by atoms with Gasteiger partial charge in [-0.25, -0.2) is 12.8 Å². The average Bonchev–Trinajstić information content (AvgIpc) is 2.64. The van der Waals surface area contributed by atoms with Crippen molar-refractivity contribution in [2.45, 2.75) is 32.3 Å². The molecular weight excluding hydrogens is 369 g/mol. The summed E-state index contributed by atoms with van der Waals surface area (Å²) in [7, 11) is -3.40. The van der Waals surface area contributed by atoms with E-state index in [0.29, 0.717) is 35.5 Å². The Bertz CT molecular complexity index is 943. The Morgan fingerprint density at radius 3 is 2.78 bits per heavy atom. The lowest BCUT2D eigenvalue weighted by molar-refractivity contribution is -0.107. The predicted octanol–water partition coefficient (Wildman–Crippen LogP) is 3.25. The minimum absolute atomic E-state index is 0.124. The largest absolute Gasteiger partial charge is 0.487 e. The van der Waals surface area contributed by atoms with Gasteiger partial charge in [0.2, 0.25) is 10.0 Å². The van der Waals surface area contributed by atoms with Gasteiger partial charge in [-0.2, -0.15) is 0 Å². The maximum Gasteiger partial charge on any atom is 0.232 e. The number of benzene rings is 2. The van der Waals surface area contributed by atoms with Gasteiger partial charge in [0, 0.05) is 13.0 Å². The molecule has 3 rings (SSSR count). The SMILES string of the molecule is CS(=O)(=O)N1CCCc2cccc(OCc3ccc(CCC=O)c(F)c3)c21. The molecule has 2 aromatic carbocycles. The van der Waals surface area contributed by atoms with Gasteiger partial charge in [-0.3, -0.25) is 4.31 Å². The lowest BCUT2D eigenvalue weighted by Gasteiger charge is -2.30. The molecule has 0 aromatic heterocycles. The van der Waals surface area contributed by atoms with Crippen LogP contribution in [0.2, 0.25) is 0 Å². The number of aldehydes is 1. The van der Waals surface area contributed by atoms with Crippen LogP contribution >= 0.6 is 0 Å². The summed E-state index contributed by atoms with van der Waals surface area (Å²) in [5, 5.41) is 0. The van der Waals surface area contributed by atoms with Crippen molar-refractivity contribution in [3.05, 3.63) is 58.9 Å². The van der Waals surface area contributed by atoms with E-state index in [2.05, 4.69) is 0 Å². The van der Waals surface area contributed by atoms with Crippen molar-refractivity contribution in [1.82, 2.24) is 0 Å². The molecule has 0 unspecified atom stereocenters. The number of aryl methyl sites for hydroxylation is 2. The number of hydrogen-bond acceptors (Lipinski definition) is 4. The Morgan fingerprint density at radius 1 is 1.26 bits per heavy atom. The second-order valence-electron chi connectivity index (χ2n) is 6.62. The highest BCUT2D eigenvalue weighted by atomic mass is 32.2. The molecule has 0 saturated carbocycles. The Kier molecular flexibility index (Phi) is 5.79. The monoisotopic (exact) mass is 391 g/mol. The zero-order chi connectivity index (χ0) is 19.4. The number of rotatable bonds is 7. The van der Waals surface area contributed by atoms with E-state index in [0.717, 1.165) is 24.7 Å².